The van der Waals surface area contributed by atoms with E-state index in [2.05, 4.69) is 52.1 Å². The van der Waals surface area contributed by atoms with Gasteiger partial charge in [-0.25, -0.2) is 17.6 Å². The maximum Gasteiger partial charge on any atom is 0.265 e. The van der Waals surface area contributed by atoms with E-state index >= 15 is 0 Å². The Morgan fingerprint density at radius 1 is 0.862 bits per heavy atom. The lowest BCUT2D eigenvalue weighted by molar-refractivity contribution is -0.124. The summed E-state index contributed by atoms with van der Waals surface area (Å²) in [5, 5.41) is 2.63. The molecule has 2 unspecified atom stereocenters. The van der Waals surface area contributed by atoms with E-state index in [1.54, 1.807) is 26.8 Å². The van der Waals surface area contributed by atoms with E-state index in [4.69, 9.17) is 0 Å². The van der Waals surface area contributed by atoms with Gasteiger partial charge in [0.2, 0.25) is 0 Å². The van der Waals surface area contributed by atoms with Gasteiger partial charge in [0.05, 0.1) is 11.6 Å². The molecule has 1 N–H and O–H groups in total. The topological polar surface area (TPSA) is 63.2 Å². The molecule has 4 nitrogen and oxygen atoms in total. The normalized spacial score (nSPS) is 14.1. The highest BCUT2D eigenvalue weighted by Gasteiger charge is 2.33. The van der Waals surface area contributed by atoms with Crippen molar-refractivity contribution < 1.29 is 31.9 Å². The molecule has 1 aliphatic carbocycles. The van der Waals surface area contributed by atoms with Crippen molar-refractivity contribution in [2.24, 2.45) is 5.92 Å². The Kier molecular flexibility index (Phi) is 36.8. The number of anilines is 1. The third-order valence-electron chi connectivity index (χ3n) is 11.0. The molecule has 1 fully saturated rings. The quantitative estimate of drug-likeness (QED) is 0.0404. The maximum atomic E-state index is 14.1. The molecule has 0 bridgehead atoms. The van der Waals surface area contributed by atoms with Crippen LogP contribution in [-0.2, 0) is 9.59 Å². The van der Waals surface area contributed by atoms with Gasteiger partial charge in [-0.2, -0.15) is 0 Å². The van der Waals surface area contributed by atoms with Gasteiger partial charge in [-0.05, 0) is 144 Å². The van der Waals surface area contributed by atoms with Gasteiger partial charge < -0.3 is 5.32 Å². The van der Waals surface area contributed by atoms with Crippen molar-refractivity contribution in [2.45, 2.75) is 207 Å². The van der Waals surface area contributed by atoms with Crippen LogP contribution in [-0.4, -0.2) is 29.8 Å². The van der Waals surface area contributed by atoms with Crippen LogP contribution >= 0.6 is 0 Å². The van der Waals surface area contributed by atoms with Crippen molar-refractivity contribution in [3.63, 3.8) is 0 Å². The van der Waals surface area contributed by atoms with Gasteiger partial charge in [0.15, 0.2) is 12.1 Å². The minimum atomic E-state index is -2.91. The van der Waals surface area contributed by atoms with Gasteiger partial charge >= 0.3 is 0 Å². The first-order chi connectivity index (χ1) is 30.8. The maximum absolute atomic E-state index is 14.1. The number of rotatable bonds is 18. The minimum Gasteiger partial charge on any atom is -0.376 e. The summed E-state index contributed by atoms with van der Waals surface area (Å²) in [6, 6.07) is 6.48. The summed E-state index contributed by atoms with van der Waals surface area (Å²) in [6.45, 7) is 34.2. The van der Waals surface area contributed by atoms with Crippen molar-refractivity contribution >= 4 is 29.1 Å². The van der Waals surface area contributed by atoms with Crippen LogP contribution in [0.25, 0.3) is 5.57 Å². The molecule has 3 rings (SSSR count). The number of hydrogen-bond donors (Lipinski definition) is 1. The second-order valence-electron chi connectivity index (χ2n) is 15.9. The first-order valence-corrected chi connectivity index (χ1v) is 24.3. The molecule has 2 aromatic rings. The van der Waals surface area contributed by atoms with Crippen LogP contribution in [0.1, 0.15) is 215 Å². The summed E-state index contributed by atoms with van der Waals surface area (Å²) >= 11 is 0. The van der Waals surface area contributed by atoms with Crippen LogP contribution in [0, 0.1) is 24.5 Å². The van der Waals surface area contributed by atoms with Crippen molar-refractivity contribution in [1.82, 2.24) is 0 Å². The minimum absolute atomic E-state index is 0.0364. The van der Waals surface area contributed by atoms with Gasteiger partial charge in [0.1, 0.15) is 17.4 Å². The Hall–Kier alpha value is -4.33. The van der Waals surface area contributed by atoms with Crippen molar-refractivity contribution in [2.75, 3.05) is 5.32 Å². The molecule has 2 atom stereocenters. The molecular weight excluding hydrogens is 823 g/mol. The summed E-state index contributed by atoms with van der Waals surface area (Å²) in [7, 11) is 0. The van der Waals surface area contributed by atoms with Crippen LogP contribution in [0.4, 0.5) is 23.2 Å². The van der Waals surface area contributed by atoms with E-state index in [0.29, 0.717) is 28.8 Å². The van der Waals surface area contributed by atoms with E-state index in [0.717, 1.165) is 92.1 Å². The Morgan fingerprint density at radius 2 is 1.45 bits per heavy atom. The molecule has 0 aromatic heterocycles. The first-order valence-electron chi connectivity index (χ1n) is 24.3. The average molecular weight is 912 g/mol. The number of ketones is 2. The Labute approximate surface area is 394 Å². The standard InChI is InChI=1S/C27H37FO.C15H20F3NO.C7H12O.C4H8.2C2H6/c1-8-11-19(4)13-15-25(21(6)12-9-2)27(18-29)22(7)26-17-23(28)14-16-24(26)20(5)10-3;1-5-12(20)14-9(3)7-10(8-11(14)16)19-13(6-2)15(4,17)18;1-2-7(8)6-4-3-5-6;1-3-4-2;2*1-2/h12-18,20H,8-11H2,1-7H3;7-8,13,19H,5-6H2,1-4H3;6H,2-5H2,1H3;3-4H,1-2H3;2*1-2H3/b19-13-,21-12-,25-15+,27-22+;;;4-3-;;. The van der Waals surface area contributed by atoms with Crippen LogP contribution in [0.3, 0.4) is 0 Å². The molecule has 0 amide bonds. The molecule has 368 valence electrons. The van der Waals surface area contributed by atoms with Gasteiger partial charge in [0, 0.05) is 36.9 Å². The predicted octanol–water partition coefficient (Wildman–Crippen LogP) is 18.3. The lowest BCUT2D eigenvalue weighted by Gasteiger charge is -2.25. The Balaban J connectivity index is -0.000000912. The van der Waals surface area contributed by atoms with Crippen molar-refractivity contribution in [3.8, 4) is 0 Å². The molecule has 1 saturated carbocycles. The third-order valence-corrected chi connectivity index (χ3v) is 11.0. The van der Waals surface area contributed by atoms with Gasteiger partial charge in [-0.1, -0.05) is 131 Å². The number of carbonyl (C=O) groups excluding carboxylic acids is 3. The molecule has 0 radical (unpaired) electrons. The fourth-order valence-corrected chi connectivity index (χ4v) is 6.72. The molecule has 2 aromatic carbocycles. The second kappa shape index (κ2) is 36.8. The van der Waals surface area contributed by atoms with Crippen LogP contribution in [0.5, 0.6) is 0 Å². The van der Waals surface area contributed by atoms with Crippen LogP contribution < -0.4 is 5.32 Å². The first kappa shape index (κ1) is 65.0. The third kappa shape index (κ3) is 24.1. The smallest absolute Gasteiger partial charge is 0.265 e. The van der Waals surface area contributed by atoms with Gasteiger partial charge in [0.25, 0.3) is 5.92 Å². The molecule has 0 heterocycles. The Morgan fingerprint density at radius 3 is 1.83 bits per heavy atom. The van der Waals surface area contributed by atoms with Crippen LogP contribution in [0.2, 0.25) is 0 Å². The number of aldehydes is 1. The molecular formula is C57H89F4NO3. The fraction of sp³-hybridized carbons (Fsp3) is 0.561. The number of carbonyl (C=O) groups is 3. The largest absolute Gasteiger partial charge is 0.376 e. The second-order valence-corrected chi connectivity index (χ2v) is 15.9. The number of nitrogens with one attached hydrogen (secondary N) is 1. The number of allylic oxidation sites excluding steroid dienone is 10. The monoisotopic (exact) mass is 912 g/mol. The fourth-order valence-electron chi connectivity index (χ4n) is 6.72. The van der Waals surface area contributed by atoms with E-state index in [1.807, 2.05) is 86.6 Å². The number of benzene rings is 2. The molecule has 0 saturated heterocycles. The van der Waals surface area contributed by atoms with Gasteiger partial charge in [-0.15, -0.1) is 0 Å². The van der Waals surface area contributed by atoms with E-state index in [9.17, 15) is 31.9 Å². The summed E-state index contributed by atoms with van der Waals surface area (Å²) in [6.07, 6.45) is 19.9. The predicted molar refractivity (Wildman–Crippen MR) is 274 cm³/mol. The highest BCUT2D eigenvalue weighted by molar-refractivity contribution is 5.98. The number of aryl methyl sites for hydroxylation is 1. The molecule has 65 heavy (non-hydrogen) atoms. The average Bonchev–Trinajstić information content (AvgIpc) is 3.27. The lowest BCUT2D eigenvalue weighted by Crippen LogP contribution is -2.36. The Bertz CT molecular complexity index is 1810. The molecule has 0 spiro atoms. The SMILES string of the molecule is C/C=C\C.CC.CC.CCC(=O)C1CCC1.CCC(=O)c1c(C)cc(NC(CC)C(C)(F)F)cc1F.CC\C=C(C)/C(=C\C=C(\C)CCC)C(/C=O)=C(\C)c1cc(F)ccc1C(C)CC. The van der Waals surface area contributed by atoms with Crippen LogP contribution in [0.15, 0.2) is 83.0 Å². The lowest BCUT2D eigenvalue weighted by atomic mass is 9.81. The molecule has 1 aliphatic rings. The molecule has 0 aliphatic heterocycles. The number of hydrogen-bond acceptors (Lipinski definition) is 4. The zero-order chi connectivity index (χ0) is 50.9. The van der Waals surface area contributed by atoms with Crippen molar-refractivity contribution in [3.05, 3.63) is 117 Å². The summed E-state index contributed by atoms with van der Waals surface area (Å²) < 4.78 is 54.7. The van der Waals surface area contributed by atoms with Crippen molar-refractivity contribution in [1.29, 1.82) is 0 Å². The number of alkyl halides is 2. The highest BCUT2D eigenvalue weighted by atomic mass is 19.3. The summed E-state index contributed by atoms with van der Waals surface area (Å²) in [5.74, 6) is -2.93. The highest BCUT2D eigenvalue weighted by Crippen LogP contribution is 2.34. The summed E-state index contributed by atoms with van der Waals surface area (Å²) in [5.41, 5.74) is 7.37. The van der Waals surface area contributed by atoms with E-state index in [-0.39, 0.29) is 35.7 Å². The zero-order valence-corrected chi connectivity index (χ0v) is 43.9. The van der Waals surface area contributed by atoms with E-state index < -0.39 is 17.8 Å². The number of Topliss-reactive ketones (excluding diaryl/α,β-unsaturated/α-hetero) is 2. The summed E-state index contributed by atoms with van der Waals surface area (Å²) in [4.78, 5) is 34.7. The zero-order valence-electron chi connectivity index (χ0n) is 43.9. The van der Waals surface area contributed by atoms with Gasteiger partial charge in [-0.3, -0.25) is 14.4 Å². The number of halogens is 4. The molecule has 8 heteroatoms. The van der Waals surface area contributed by atoms with E-state index in [1.165, 1.54) is 24.1 Å².